The van der Waals surface area contributed by atoms with Gasteiger partial charge in [-0.25, -0.2) is 4.39 Å². The van der Waals surface area contributed by atoms with Crippen molar-refractivity contribution in [1.29, 1.82) is 0 Å². The van der Waals surface area contributed by atoms with E-state index in [0.29, 0.717) is 20.1 Å². The maximum atomic E-state index is 13.9. The van der Waals surface area contributed by atoms with Crippen LogP contribution < -0.4 is 5.32 Å². The molecule has 3 aromatic rings. The number of hydrogen-bond acceptors (Lipinski definition) is 6. The second-order valence-corrected chi connectivity index (χ2v) is 8.21. The van der Waals surface area contributed by atoms with E-state index in [0.717, 1.165) is 5.69 Å². The van der Waals surface area contributed by atoms with Gasteiger partial charge in [0.05, 0.1) is 5.75 Å². The number of thioether (sulfide) groups is 1. The molecule has 0 atom stereocenters. The van der Waals surface area contributed by atoms with Gasteiger partial charge < -0.3 is 10.2 Å². The van der Waals surface area contributed by atoms with Gasteiger partial charge in [0, 0.05) is 29.9 Å². The summed E-state index contributed by atoms with van der Waals surface area (Å²) in [5.74, 6) is -0.384. The Morgan fingerprint density at radius 1 is 1.22 bits per heavy atom. The Morgan fingerprint density at radius 3 is 2.74 bits per heavy atom. The zero-order chi connectivity index (χ0) is 19.2. The van der Waals surface area contributed by atoms with Gasteiger partial charge in [-0.05, 0) is 24.3 Å². The molecule has 0 aliphatic rings. The summed E-state index contributed by atoms with van der Waals surface area (Å²) in [5, 5.41) is 12.3. The lowest BCUT2D eigenvalue weighted by molar-refractivity contribution is -0.127. The first-order chi connectivity index (χ1) is 13.0. The second kappa shape index (κ2) is 9.16. The molecule has 1 aromatic heterocycles. The number of para-hydroxylation sites is 1. The molecule has 1 heterocycles. The highest BCUT2D eigenvalue weighted by atomic mass is 35.5. The lowest BCUT2D eigenvalue weighted by Gasteiger charge is -2.18. The predicted molar refractivity (Wildman–Crippen MR) is 108 cm³/mol. The molecule has 0 fully saturated rings. The Morgan fingerprint density at radius 2 is 2.00 bits per heavy atom. The number of hydrogen-bond donors (Lipinski definition) is 1. The van der Waals surface area contributed by atoms with Crippen molar-refractivity contribution in [1.82, 2.24) is 15.1 Å². The largest absolute Gasteiger partial charge is 0.341 e. The molecule has 1 N–H and O–H groups in total. The van der Waals surface area contributed by atoms with Crippen LogP contribution >= 0.6 is 34.7 Å². The maximum absolute atomic E-state index is 13.9. The van der Waals surface area contributed by atoms with E-state index in [1.807, 2.05) is 30.3 Å². The number of rotatable bonds is 7. The van der Waals surface area contributed by atoms with Gasteiger partial charge in [0.2, 0.25) is 11.0 Å². The first-order valence-electron chi connectivity index (χ1n) is 7.98. The molecule has 0 aliphatic carbocycles. The van der Waals surface area contributed by atoms with Crippen LogP contribution in [0.2, 0.25) is 5.02 Å². The third-order valence-electron chi connectivity index (χ3n) is 3.63. The van der Waals surface area contributed by atoms with Crippen LogP contribution in [-0.4, -0.2) is 33.8 Å². The topological polar surface area (TPSA) is 58.1 Å². The molecule has 9 heteroatoms. The van der Waals surface area contributed by atoms with Gasteiger partial charge in [0.15, 0.2) is 4.34 Å². The van der Waals surface area contributed by atoms with E-state index in [9.17, 15) is 9.18 Å². The van der Waals surface area contributed by atoms with Crippen molar-refractivity contribution in [2.75, 3.05) is 18.1 Å². The van der Waals surface area contributed by atoms with Crippen molar-refractivity contribution >= 4 is 51.4 Å². The Bertz CT molecular complexity index is 902. The SMILES string of the molecule is CN(Cc1c(F)cccc1Cl)C(=O)CSc1nnc(Nc2ccccc2)s1. The summed E-state index contributed by atoms with van der Waals surface area (Å²) >= 11 is 8.68. The van der Waals surface area contributed by atoms with Crippen LogP contribution in [0.5, 0.6) is 0 Å². The van der Waals surface area contributed by atoms with Crippen molar-refractivity contribution in [2.45, 2.75) is 10.9 Å². The van der Waals surface area contributed by atoms with E-state index < -0.39 is 5.82 Å². The minimum absolute atomic E-state index is 0.113. The fourth-order valence-corrected chi connectivity index (χ4v) is 4.14. The van der Waals surface area contributed by atoms with Gasteiger partial charge in [-0.3, -0.25) is 4.79 Å². The van der Waals surface area contributed by atoms with E-state index in [2.05, 4.69) is 15.5 Å². The minimum atomic E-state index is -0.421. The van der Waals surface area contributed by atoms with Crippen LogP contribution in [0.4, 0.5) is 15.2 Å². The molecule has 1 amide bonds. The van der Waals surface area contributed by atoms with Crippen molar-refractivity contribution in [3.63, 3.8) is 0 Å². The quantitative estimate of drug-likeness (QED) is 0.553. The highest BCUT2D eigenvalue weighted by Crippen LogP contribution is 2.28. The summed E-state index contributed by atoms with van der Waals surface area (Å²) in [6.45, 7) is 0.113. The van der Waals surface area contributed by atoms with Gasteiger partial charge in [-0.15, -0.1) is 10.2 Å². The van der Waals surface area contributed by atoms with Crippen molar-refractivity contribution in [2.24, 2.45) is 0 Å². The van der Waals surface area contributed by atoms with Gasteiger partial charge >= 0.3 is 0 Å². The predicted octanol–water partition coefficient (Wildman–Crippen LogP) is 4.82. The first kappa shape index (κ1) is 19.6. The van der Waals surface area contributed by atoms with Crippen molar-refractivity contribution in [3.05, 3.63) is 64.9 Å². The maximum Gasteiger partial charge on any atom is 0.233 e. The molecule has 27 heavy (non-hydrogen) atoms. The van der Waals surface area contributed by atoms with Crippen molar-refractivity contribution in [3.8, 4) is 0 Å². The highest BCUT2D eigenvalue weighted by Gasteiger charge is 2.15. The Kier molecular flexibility index (Phi) is 6.65. The second-order valence-electron chi connectivity index (χ2n) is 5.60. The average Bonchev–Trinajstić information content (AvgIpc) is 3.11. The van der Waals surface area contributed by atoms with Crippen LogP contribution in [0, 0.1) is 5.82 Å². The first-order valence-corrected chi connectivity index (χ1v) is 10.2. The number of anilines is 2. The summed E-state index contributed by atoms with van der Waals surface area (Å²) in [6.07, 6.45) is 0. The van der Waals surface area contributed by atoms with E-state index in [-0.39, 0.29) is 18.2 Å². The lowest BCUT2D eigenvalue weighted by atomic mass is 10.2. The van der Waals surface area contributed by atoms with Crippen LogP contribution in [0.3, 0.4) is 0 Å². The third-order valence-corrected chi connectivity index (χ3v) is 5.94. The monoisotopic (exact) mass is 422 g/mol. The number of nitrogens with zero attached hydrogens (tertiary/aromatic N) is 3. The van der Waals surface area contributed by atoms with Crippen LogP contribution in [0.25, 0.3) is 0 Å². The summed E-state index contributed by atoms with van der Waals surface area (Å²) in [5.41, 5.74) is 1.23. The van der Waals surface area contributed by atoms with E-state index in [4.69, 9.17) is 11.6 Å². The molecular weight excluding hydrogens is 407 g/mol. The van der Waals surface area contributed by atoms with E-state index in [1.54, 1.807) is 13.1 Å². The van der Waals surface area contributed by atoms with E-state index in [1.165, 1.54) is 40.1 Å². The summed E-state index contributed by atoms with van der Waals surface area (Å²) in [4.78, 5) is 13.8. The smallest absolute Gasteiger partial charge is 0.233 e. The molecule has 0 saturated carbocycles. The normalized spacial score (nSPS) is 10.6. The molecule has 140 valence electrons. The zero-order valence-corrected chi connectivity index (χ0v) is 16.7. The lowest BCUT2D eigenvalue weighted by Crippen LogP contribution is -2.28. The molecule has 0 spiro atoms. The number of amides is 1. The number of aromatic nitrogens is 2. The molecule has 0 unspecified atom stereocenters. The average molecular weight is 423 g/mol. The van der Waals surface area contributed by atoms with Crippen LogP contribution in [0.15, 0.2) is 52.9 Å². The Hall–Kier alpha value is -2.16. The Balaban J connectivity index is 1.53. The number of carbonyl (C=O) groups is 1. The standard InChI is InChI=1S/C18H16ClFN4OS2/c1-24(10-13-14(19)8-5-9-15(13)20)16(25)11-26-18-23-22-17(27-18)21-12-6-3-2-4-7-12/h2-9H,10-11H2,1H3,(H,21,22). The number of carbonyl (C=O) groups excluding carboxylic acids is 1. The van der Waals surface area contributed by atoms with Crippen LogP contribution in [-0.2, 0) is 11.3 Å². The van der Waals surface area contributed by atoms with Gasteiger partial charge in [-0.1, -0.05) is 59.0 Å². The third kappa shape index (κ3) is 5.41. The van der Waals surface area contributed by atoms with Gasteiger partial charge in [0.25, 0.3) is 0 Å². The molecule has 0 bridgehead atoms. The summed E-state index contributed by atoms with van der Waals surface area (Å²) < 4.78 is 14.5. The minimum Gasteiger partial charge on any atom is -0.341 e. The van der Waals surface area contributed by atoms with Gasteiger partial charge in [-0.2, -0.15) is 0 Å². The molecule has 3 rings (SSSR count). The molecular formula is C18H16ClFN4OS2. The molecule has 5 nitrogen and oxygen atoms in total. The fraction of sp³-hybridized carbons (Fsp3) is 0.167. The number of benzene rings is 2. The molecule has 0 aliphatic heterocycles. The summed E-state index contributed by atoms with van der Waals surface area (Å²) in [6, 6.07) is 14.1. The van der Waals surface area contributed by atoms with E-state index >= 15 is 0 Å². The molecule has 0 saturated heterocycles. The fourth-order valence-electron chi connectivity index (χ4n) is 2.21. The Labute approximate surface area is 169 Å². The highest BCUT2D eigenvalue weighted by molar-refractivity contribution is 8.01. The van der Waals surface area contributed by atoms with Gasteiger partial charge in [0.1, 0.15) is 5.82 Å². The molecule has 0 radical (unpaired) electrons. The summed E-state index contributed by atoms with van der Waals surface area (Å²) in [7, 11) is 1.62. The molecule has 2 aromatic carbocycles. The number of nitrogens with one attached hydrogen (secondary N) is 1. The van der Waals surface area contributed by atoms with Crippen molar-refractivity contribution < 1.29 is 9.18 Å². The van der Waals surface area contributed by atoms with Crippen LogP contribution in [0.1, 0.15) is 5.56 Å². The number of halogens is 2. The zero-order valence-electron chi connectivity index (χ0n) is 14.4.